The first kappa shape index (κ1) is 19.2. The average Bonchev–Trinajstić information content (AvgIpc) is 2.65. The Bertz CT molecular complexity index is 924. The minimum absolute atomic E-state index is 0.0950. The number of aliphatic carboxylic acids is 1. The van der Waals surface area contributed by atoms with E-state index < -0.39 is 22.6 Å². The Labute approximate surface area is 158 Å². The smallest absolute Gasteiger partial charge is 0.341 e. The highest BCUT2D eigenvalue weighted by Crippen LogP contribution is 2.40. The summed E-state index contributed by atoms with van der Waals surface area (Å²) in [4.78, 5) is 11.0. The van der Waals surface area contributed by atoms with E-state index in [4.69, 9.17) is 14.6 Å². The molecule has 0 radical (unpaired) electrons. The molecule has 1 unspecified atom stereocenters. The first-order valence-corrected chi connectivity index (χ1v) is 10.0. The first-order chi connectivity index (χ1) is 12.9. The summed E-state index contributed by atoms with van der Waals surface area (Å²) in [5.74, 6) is -0.348. The molecule has 2 N–H and O–H groups in total. The lowest BCUT2D eigenvalue weighted by Crippen LogP contribution is -2.31. The Hall–Kier alpha value is -2.58. The highest BCUT2D eigenvalue weighted by molar-refractivity contribution is 7.89. The zero-order valence-electron chi connectivity index (χ0n) is 14.8. The van der Waals surface area contributed by atoms with Gasteiger partial charge in [0, 0.05) is 18.0 Å². The minimum Gasteiger partial charge on any atom is -0.489 e. The van der Waals surface area contributed by atoms with Gasteiger partial charge in [-0.3, -0.25) is 0 Å². The van der Waals surface area contributed by atoms with Gasteiger partial charge in [0.05, 0.1) is 11.5 Å². The Morgan fingerprint density at radius 3 is 2.70 bits per heavy atom. The summed E-state index contributed by atoms with van der Waals surface area (Å²) in [7, 11) is -3.61. The molecule has 0 fully saturated rings. The summed E-state index contributed by atoms with van der Waals surface area (Å²) in [5, 5.41) is 8.79. The third-order valence-corrected chi connectivity index (χ3v) is 5.80. The van der Waals surface area contributed by atoms with E-state index in [2.05, 4.69) is 4.72 Å². The molecule has 0 aromatic heterocycles. The number of hydrogen-bond acceptors (Lipinski definition) is 5. The van der Waals surface area contributed by atoms with E-state index in [-0.39, 0.29) is 17.4 Å². The lowest BCUT2D eigenvalue weighted by atomic mass is 9.93. The molecule has 27 heavy (non-hydrogen) atoms. The van der Waals surface area contributed by atoms with Gasteiger partial charge in [0.2, 0.25) is 10.0 Å². The molecule has 2 aromatic rings. The van der Waals surface area contributed by atoms with Crippen LogP contribution in [-0.4, -0.2) is 39.3 Å². The summed E-state index contributed by atoms with van der Waals surface area (Å²) < 4.78 is 38.6. The number of aryl methyl sites for hydroxylation is 1. The van der Waals surface area contributed by atoms with Crippen molar-refractivity contribution in [1.29, 1.82) is 0 Å². The van der Waals surface area contributed by atoms with Crippen molar-refractivity contribution in [1.82, 2.24) is 4.72 Å². The predicted molar refractivity (Wildman–Crippen MR) is 98.8 cm³/mol. The van der Waals surface area contributed by atoms with Gasteiger partial charge in [0.1, 0.15) is 0 Å². The molecule has 0 bridgehead atoms. The van der Waals surface area contributed by atoms with Crippen LogP contribution in [0.1, 0.15) is 23.5 Å². The first-order valence-electron chi connectivity index (χ1n) is 8.53. The van der Waals surface area contributed by atoms with Crippen molar-refractivity contribution in [2.75, 3.05) is 19.8 Å². The molecule has 0 saturated carbocycles. The summed E-state index contributed by atoms with van der Waals surface area (Å²) >= 11 is 0. The summed E-state index contributed by atoms with van der Waals surface area (Å²) in [6.07, 6.45) is 0.645. The fraction of sp³-hybridized carbons (Fsp3) is 0.316. The lowest BCUT2D eigenvalue weighted by molar-refractivity contribution is -0.139. The van der Waals surface area contributed by atoms with E-state index in [0.717, 1.165) is 11.1 Å². The van der Waals surface area contributed by atoms with Gasteiger partial charge >= 0.3 is 5.97 Å². The molecule has 1 aliphatic heterocycles. The maximum absolute atomic E-state index is 12.5. The van der Waals surface area contributed by atoms with Crippen molar-refractivity contribution in [2.24, 2.45) is 0 Å². The van der Waals surface area contributed by atoms with Crippen LogP contribution in [0.25, 0.3) is 0 Å². The minimum atomic E-state index is -3.61. The normalized spacial score (nSPS) is 16.3. The fourth-order valence-corrected chi connectivity index (χ4v) is 4.03. The van der Waals surface area contributed by atoms with E-state index in [1.165, 1.54) is 0 Å². The van der Waals surface area contributed by atoms with Crippen molar-refractivity contribution in [3.8, 4) is 11.5 Å². The fourth-order valence-electron chi connectivity index (χ4n) is 2.94. The molecule has 0 amide bonds. The number of rotatable bonds is 7. The van der Waals surface area contributed by atoms with E-state index in [1.807, 2.05) is 13.0 Å². The SMILES string of the molecule is Cc1ccc(S(=O)(=O)NCC2CCOc3c(OCC(=O)O)cccc32)cc1. The number of carboxylic acids is 1. The van der Waals surface area contributed by atoms with Gasteiger partial charge < -0.3 is 14.6 Å². The van der Waals surface area contributed by atoms with Crippen LogP contribution < -0.4 is 14.2 Å². The van der Waals surface area contributed by atoms with Crippen molar-refractivity contribution in [3.05, 3.63) is 53.6 Å². The van der Waals surface area contributed by atoms with Gasteiger partial charge in [-0.25, -0.2) is 17.9 Å². The van der Waals surface area contributed by atoms with Crippen LogP contribution in [0.4, 0.5) is 0 Å². The molecule has 0 saturated heterocycles. The Kier molecular flexibility index (Phi) is 5.67. The van der Waals surface area contributed by atoms with Crippen molar-refractivity contribution >= 4 is 16.0 Å². The van der Waals surface area contributed by atoms with Gasteiger partial charge in [-0.1, -0.05) is 29.8 Å². The van der Waals surface area contributed by atoms with Gasteiger partial charge in [-0.2, -0.15) is 0 Å². The predicted octanol–water partition coefficient (Wildman–Crippen LogP) is 2.30. The number of nitrogens with one attached hydrogen (secondary N) is 1. The van der Waals surface area contributed by atoms with Crippen molar-refractivity contribution in [2.45, 2.75) is 24.2 Å². The highest BCUT2D eigenvalue weighted by atomic mass is 32.2. The molecule has 0 spiro atoms. The number of ether oxygens (including phenoxy) is 2. The van der Waals surface area contributed by atoms with E-state index in [1.54, 1.807) is 36.4 Å². The van der Waals surface area contributed by atoms with Gasteiger partial charge in [-0.15, -0.1) is 0 Å². The molecular weight excluding hydrogens is 370 g/mol. The van der Waals surface area contributed by atoms with Crippen molar-refractivity contribution < 1.29 is 27.8 Å². The molecule has 0 aliphatic carbocycles. The number of hydrogen-bond donors (Lipinski definition) is 2. The number of fused-ring (bicyclic) bond motifs is 1. The second-order valence-corrected chi connectivity index (χ2v) is 8.12. The van der Waals surface area contributed by atoms with Crippen LogP contribution in [0.3, 0.4) is 0 Å². The third kappa shape index (κ3) is 4.58. The second kappa shape index (κ2) is 7.98. The largest absolute Gasteiger partial charge is 0.489 e. The number of carbonyl (C=O) groups is 1. The molecule has 1 atom stereocenters. The topological polar surface area (TPSA) is 102 Å². The molecule has 144 valence electrons. The molecule has 7 nitrogen and oxygen atoms in total. The molecule has 1 heterocycles. The number of carboxylic acid groups (broad SMARTS) is 1. The lowest BCUT2D eigenvalue weighted by Gasteiger charge is -2.27. The maximum atomic E-state index is 12.5. The summed E-state index contributed by atoms with van der Waals surface area (Å²) in [5.41, 5.74) is 1.79. The number of benzene rings is 2. The standard InChI is InChI=1S/C19H21NO6S/c1-13-5-7-15(8-6-13)27(23,24)20-11-14-9-10-25-19-16(14)3-2-4-17(19)26-12-18(21)22/h2-8,14,20H,9-12H2,1H3,(H,21,22). The monoisotopic (exact) mass is 391 g/mol. The summed E-state index contributed by atoms with van der Waals surface area (Å²) in [6.45, 7) is 2.05. The van der Waals surface area contributed by atoms with Crippen LogP contribution >= 0.6 is 0 Å². The van der Waals surface area contributed by atoms with E-state index in [0.29, 0.717) is 24.5 Å². The van der Waals surface area contributed by atoms with Crippen LogP contribution in [-0.2, 0) is 14.8 Å². The van der Waals surface area contributed by atoms with Crippen LogP contribution in [0.5, 0.6) is 11.5 Å². The van der Waals surface area contributed by atoms with Crippen LogP contribution in [0.15, 0.2) is 47.4 Å². The van der Waals surface area contributed by atoms with Gasteiger partial charge in [0.25, 0.3) is 0 Å². The zero-order valence-corrected chi connectivity index (χ0v) is 15.7. The summed E-state index contributed by atoms with van der Waals surface area (Å²) in [6, 6.07) is 11.9. The molecule has 1 aliphatic rings. The third-order valence-electron chi connectivity index (χ3n) is 4.36. The maximum Gasteiger partial charge on any atom is 0.341 e. The van der Waals surface area contributed by atoms with E-state index in [9.17, 15) is 13.2 Å². The van der Waals surface area contributed by atoms with E-state index >= 15 is 0 Å². The highest BCUT2D eigenvalue weighted by Gasteiger charge is 2.26. The van der Waals surface area contributed by atoms with Crippen LogP contribution in [0, 0.1) is 6.92 Å². The van der Waals surface area contributed by atoms with Gasteiger partial charge in [-0.05, 0) is 31.5 Å². The van der Waals surface area contributed by atoms with Crippen LogP contribution in [0.2, 0.25) is 0 Å². The Morgan fingerprint density at radius 2 is 2.00 bits per heavy atom. The molecule has 3 rings (SSSR count). The Balaban J connectivity index is 1.75. The Morgan fingerprint density at radius 1 is 1.26 bits per heavy atom. The number of para-hydroxylation sites is 1. The molecular formula is C19H21NO6S. The zero-order chi connectivity index (χ0) is 19.4. The second-order valence-electron chi connectivity index (χ2n) is 6.36. The van der Waals surface area contributed by atoms with Crippen molar-refractivity contribution in [3.63, 3.8) is 0 Å². The molecule has 8 heteroatoms. The number of sulfonamides is 1. The molecule has 2 aromatic carbocycles. The average molecular weight is 391 g/mol. The van der Waals surface area contributed by atoms with Gasteiger partial charge in [0.15, 0.2) is 18.1 Å². The quantitative estimate of drug-likeness (QED) is 0.751.